The highest BCUT2D eigenvalue weighted by atomic mass is 16.5. The van der Waals surface area contributed by atoms with Gasteiger partial charge in [-0.25, -0.2) is 10.8 Å². The molecular formula is C27H44N10O2. The average molecular weight is 541 g/mol. The molecule has 214 valence electrons. The van der Waals surface area contributed by atoms with Crippen LogP contribution in [0, 0.1) is 10.8 Å². The molecule has 4 rings (SSSR count). The SMILES string of the molecule is C=C.CC1=C(C(=O)Nc2ccc(N)c(C(=N)c3ccnc(N4C[C@@H](C)O[C@H](C)C4)c3)c2)CN(N)C(=N)N1C.N.[HH].[HH]. The quantitative estimate of drug-likeness (QED) is 0.142. The van der Waals surface area contributed by atoms with Crippen molar-refractivity contribution in [3.8, 4) is 0 Å². The number of benzene rings is 1. The second-order valence-electron chi connectivity index (χ2n) is 9.27. The van der Waals surface area contributed by atoms with Gasteiger partial charge in [0.1, 0.15) is 5.82 Å². The molecule has 0 saturated carbocycles. The van der Waals surface area contributed by atoms with E-state index >= 15 is 0 Å². The van der Waals surface area contributed by atoms with E-state index in [0.717, 1.165) is 18.9 Å². The molecule has 1 fully saturated rings. The van der Waals surface area contributed by atoms with Gasteiger partial charge in [-0.3, -0.25) is 20.6 Å². The predicted molar refractivity (Wildman–Crippen MR) is 161 cm³/mol. The highest BCUT2D eigenvalue weighted by Crippen LogP contribution is 2.25. The molecule has 1 aromatic heterocycles. The molecule has 12 nitrogen and oxygen atoms in total. The molecule has 2 aliphatic heterocycles. The number of nitrogens with zero attached hydrogens (tertiary/aromatic N) is 4. The predicted octanol–water partition coefficient (Wildman–Crippen LogP) is 3.42. The molecule has 3 heterocycles. The van der Waals surface area contributed by atoms with E-state index < -0.39 is 0 Å². The van der Waals surface area contributed by atoms with Gasteiger partial charge in [-0.15, -0.1) is 13.2 Å². The minimum absolute atomic E-state index is 0. The maximum Gasteiger partial charge on any atom is 0.255 e. The molecule has 12 heteroatoms. The maximum absolute atomic E-state index is 13.0. The number of carbonyl (C=O) groups excluding carboxylic acids is 1. The number of hydrogen-bond acceptors (Lipinski definition) is 9. The summed E-state index contributed by atoms with van der Waals surface area (Å²) in [5, 5.41) is 20.9. The van der Waals surface area contributed by atoms with Gasteiger partial charge in [-0.1, -0.05) is 0 Å². The van der Waals surface area contributed by atoms with Crippen LogP contribution in [0.1, 0.15) is 34.8 Å². The van der Waals surface area contributed by atoms with Crippen LogP contribution in [0.5, 0.6) is 0 Å². The molecular weight excluding hydrogens is 496 g/mol. The molecule has 1 aromatic carbocycles. The molecule has 2 atom stereocenters. The number of nitrogen functional groups attached to an aromatic ring is 1. The minimum Gasteiger partial charge on any atom is -0.398 e. The molecule has 2 aromatic rings. The van der Waals surface area contributed by atoms with E-state index in [1.54, 1.807) is 49.3 Å². The number of nitrogens with one attached hydrogen (secondary N) is 3. The molecule has 0 spiro atoms. The smallest absolute Gasteiger partial charge is 0.255 e. The van der Waals surface area contributed by atoms with Crippen LogP contribution in [-0.4, -0.2) is 71.4 Å². The highest BCUT2D eigenvalue weighted by Gasteiger charge is 2.27. The second kappa shape index (κ2) is 13.0. The van der Waals surface area contributed by atoms with Crippen LogP contribution >= 0.6 is 0 Å². The number of amides is 1. The Bertz CT molecular complexity index is 1260. The van der Waals surface area contributed by atoms with E-state index in [4.69, 9.17) is 27.1 Å². The molecule has 0 aliphatic carbocycles. The Labute approximate surface area is 232 Å². The van der Waals surface area contributed by atoms with Gasteiger partial charge in [0, 0.05) is 57.4 Å². The molecule has 1 saturated heterocycles. The number of hydrazine groups is 1. The van der Waals surface area contributed by atoms with Crippen molar-refractivity contribution in [1.82, 2.24) is 21.0 Å². The summed E-state index contributed by atoms with van der Waals surface area (Å²) >= 11 is 0. The minimum atomic E-state index is -0.327. The van der Waals surface area contributed by atoms with Crippen molar-refractivity contribution in [2.75, 3.05) is 42.6 Å². The summed E-state index contributed by atoms with van der Waals surface area (Å²) in [5.41, 5.74) is 9.68. The van der Waals surface area contributed by atoms with E-state index in [2.05, 4.69) is 28.4 Å². The third-order valence-electron chi connectivity index (χ3n) is 6.49. The van der Waals surface area contributed by atoms with Crippen LogP contribution in [0.25, 0.3) is 0 Å². The third kappa shape index (κ3) is 6.79. The standard InChI is InChI=1S/C25H33N9O2.C2H4.H3N.2H2/c1-14-11-33(12-15(2)36-14)22-9-17(7-8-30-22)23(27)19-10-18(5-6-21(19)26)31-24(35)20-13-34(29)25(28)32(4)16(20)3;1-2;;;/h5-10,14-15,27-28H,11-13,26,29H2,1-4H3,(H,31,35);1-2H2;1H3;2*1H/t14-,15-;;;;/m1..../s1. The molecule has 1 amide bonds. The lowest BCUT2D eigenvalue weighted by Crippen LogP contribution is -2.51. The van der Waals surface area contributed by atoms with Crippen molar-refractivity contribution >= 4 is 34.8 Å². The summed E-state index contributed by atoms with van der Waals surface area (Å²) in [6.07, 6.45) is 1.88. The number of morpholine rings is 1. The van der Waals surface area contributed by atoms with Gasteiger partial charge < -0.3 is 31.7 Å². The van der Waals surface area contributed by atoms with E-state index in [9.17, 15) is 4.79 Å². The van der Waals surface area contributed by atoms with Crippen molar-refractivity contribution < 1.29 is 12.4 Å². The van der Waals surface area contributed by atoms with Crippen molar-refractivity contribution in [2.45, 2.75) is 33.0 Å². The number of hydrogen-bond donors (Lipinski definition) is 6. The van der Waals surface area contributed by atoms with Crippen LogP contribution in [-0.2, 0) is 9.53 Å². The molecule has 2 aliphatic rings. The maximum atomic E-state index is 13.0. The van der Waals surface area contributed by atoms with Crippen LogP contribution in [0.4, 0.5) is 17.2 Å². The summed E-state index contributed by atoms with van der Waals surface area (Å²) in [7, 11) is 1.69. The number of guanidine groups is 1. The highest BCUT2D eigenvalue weighted by molar-refractivity contribution is 6.15. The number of pyridine rings is 1. The molecule has 0 unspecified atom stereocenters. The van der Waals surface area contributed by atoms with Gasteiger partial charge in [0.15, 0.2) is 0 Å². The van der Waals surface area contributed by atoms with Crippen LogP contribution in [0.15, 0.2) is 61.0 Å². The monoisotopic (exact) mass is 540 g/mol. The second-order valence-corrected chi connectivity index (χ2v) is 9.27. The van der Waals surface area contributed by atoms with E-state index in [1.165, 1.54) is 5.01 Å². The fourth-order valence-corrected chi connectivity index (χ4v) is 4.47. The molecule has 0 bridgehead atoms. The normalized spacial score (nSPS) is 19.1. The average Bonchev–Trinajstić information content (AvgIpc) is 2.90. The Balaban J connectivity index is 0.00000313. The Morgan fingerprint density at radius 2 is 1.85 bits per heavy atom. The first-order chi connectivity index (χ1) is 18.0. The van der Waals surface area contributed by atoms with E-state index in [0.29, 0.717) is 33.8 Å². The lowest BCUT2D eigenvalue weighted by Gasteiger charge is -2.36. The molecule has 39 heavy (non-hydrogen) atoms. The van der Waals surface area contributed by atoms with Crippen molar-refractivity contribution in [3.63, 3.8) is 0 Å². The Morgan fingerprint density at radius 1 is 1.21 bits per heavy atom. The molecule has 10 N–H and O–H groups in total. The fourth-order valence-electron chi connectivity index (χ4n) is 4.47. The van der Waals surface area contributed by atoms with Gasteiger partial charge in [0.25, 0.3) is 5.91 Å². The molecule has 0 radical (unpaired) electrons. The first-order valence-electron chi connectivity index (χ1n) is 12.3. The summed E-state index contributed by atoms with van der Waals surface area (Å²) in [4.78, 5) is 21.3. The van der Waals surface area contributed by atoms with Crippen molar-refractivity contribution in [3.05, 3.63) is 72.1 Å². The first kappa shape index (κ1) is 31.0. The zero-order chi connectivity index (χ0) is 28.1. The van der Waals surface area contributed by atoms with Crippen molar-refractivity contribution in [1.29, 1.82) is 10.8 Å². The number of rotatable bonds is 5. The zero-order valence-electron chi connectivity index (χ0n) is 23.1. The van der Waals surface area contributed by atoms with Crippen molar-refractivity contribution in [2.24, 2.45) is 5.84 Å². The summed E-state index contributed by atoms with van der Waals surface area (Å²) in [6, 6.07) is 8.73. The van der Waals surface area contributed by atoms with Gasteiger partial charge in [-0.2, -0.15) is 0 Å². The van der Waals surface area contributed by atoms with E-state index in [1.807, 2.05) is 19.9 Å². The lowest BCUT2D eigenvalue weighted by molar-refractivity contribution is -0.113. The van der Waals surface area contributed by atoms with Crippen LogP contribution in [0.3, 0.4) is 0 Å². The summed E-state index contributed by atoms with van der Waals surface area (Å²) < 4.78 is 5.82. The van der Waals surface area contributed by atoms with Gasteiger partial charge in [0.2, 0.25) is 5.96 Å². The van der Waals surface area contributed by atoms with Gasteiger partial charge in [-0.05, 0) is 51.1 Å². The first-order valence-corrected chi connectivity index (χ1v) is 12.3. The zero-order valence-corrected chi connectivity index (χ0v) is 23.1. The number of ether oxygens (including phenoxy) is 1. The van der Waals surface area contributed by atoms with Gasteiger partial charge in [0.05, 0.1) is 30.0 Å². The largest absolute Gasteiger partial charge is 0.398 e. The summed E-state index contributed by atoms with van der Waals surface area (Å²) in [6.45, 7) is 13.4. The lowest BCUT2D eigenvalue weighted by atomic mass is 10.0. The Kier molecular flexibility index (Phi) is 10.3. The number of nitrogens with two attached hydrogens (primary N) is 2. The number of aromatic nitrogens is 1. The number of allylic oxidation sites excluding steroid dienone is 1. The Hall–Kier alpha value is -4.26. The topological polar surface area (TPSA) is 196 Å². The third-order valence-corrected chi connectivity index (χ3v) is 6.49. The Morgan fingerprint density at radius 3 is 2.49 bits per heavy atom. The van der Waals surface area contributed by atoms with E-state index in [-0.39, 0.29) is 45.3 Å². The number of anilines is 3. The van der Waals surface area contributed by atoms with Crippen LogP contribution < -0.4 is 27.9 Å². The van der Waals surface area contributed by atoms with Gasteiger partial charge >= 0.3 is 0 Å². The fraction of sp³-hybridized carbons (Fsp3) is 0.333. The number of carbonyl (C=O) groups is 1. The summed E-state index contributed by atoms with van der Waals surface area (Å²) in [5.74, 6) is 6.44. The van der Waals surface area contributed by atoms with Crippen LogP contribution in [0.2, 0.25) is 0 Å².